The Kier molecular flexibility index (Phi) is 6.06. The lowest BCUT2D eigenvalue weighted by Gasteiger charge is -2.11. The number of hydrogen-bond donors (Lipinski definition) is 2. The number of alkyl halides is 3. The topological polar surface area (TPSA) is 123 Å². The van der Waals surface area contributed by atoms with E-state index in [9.17, 15) is 26.4 Å². The highest BCUT2D eigenvalue weighted by molar-refractivity contribution is 7.90. The number of amides is 1. The van der Waals surface area contributed by atoms with Crippen LogP contribution in [0.15, 0.2) is 59.8 Å². The molecule has 0 radical (unpaired) electrons. The molecule has 0 fully saturated rings. The summed E-state index contributed by atoms with van der Waals surface area (Å²) in [5.74, 6) is -1.75. The summed E-state index contributed by atoms with van der Waals surface area (Å²) in [7, 11) is -3.26. The molecule has 0 unspecified atom stereocenters. The Labute approximate surface area is 174 Å². The van der Waals surface area contributed by atoms with Crippen molar-refractivity contribution in [2.24, 2.45) is 0 Å². The van der Waals surface area contributed by atoms with E-state index < -0.39 is 27.0 Å². The van der Waals surface area contributed by atoms with Crippen LogP contribution in [0.2, 0.25) is 0 Å². The van der Waals surface area contributed by atoms with Crippen molar-refractivity contribution >= 4 is 27.6 Å². The van der Waals surface area contributed by atoms with E-state index in [0.717, 1.165) is 16.9 Å². The number of ether oxygens (including phenoxy) is 1. The van der Waals surface area contributed by atoms with Gasteiger partial charge in [-0.1, -0.05) is 18.2 Å². The number of carbonyl (C=O) groups excluding carboxylic acids is 1. The Balaban J connectivity index is 1.86. The van der Waals surface area contributed by atoms with Crippen LogP contribution in [0.25, 0.3) is 11.4 Å². The summed E-state index contributed by atoms with van der Waals surface area (Å²) in [5, 5.41) is 2.75. The van der Waals surface area contributed by atoms with E-state index >= 15 is 0 Å². The minimum Gasteiger partial charge on any atom is -0.496 e. The number of rotatable bonds is 6. The van der Waals surface area contributed by atoms with E-state index in [1.54, 1.807) is 24.3 Å². The molecule has 31 heavy (non-hydrogen) atoms. The van der Waals surface area contributed by atoms with Gasteiger partial charge in [-0.2, -0.15) is 18.2 Å². The molecular weight excluding hydrogens is 439 g/mol. The third-order valence-corrected chi connectivity index (χ3v) is 5.13. The minimum atomic E-state index is -5.34. The van der Waals surface area contributed by atoms with Gasteiger partial charge in [0.15, 0.2) is 5.82 Å². The molecule has 13 heteroatoms. The van der Waals surface area contributed by atoms with Crippen molar-refractivity contribution in [1.82, 2.24) is 19.7 Å². The standard InChI is InChI=1S/C18H14F3N5O4S/c1-30-14-8-3-2-7-13(14)15-22-10-23-17(25-15)24-11-5-4-6-12(9-11)31(28,29)26-16(27)18(19,20)21/h2-10H,1H3,(H,26,27)(H,22,23,24,25). The van der Waals surface area contributed by atoms with Crippen LogP contribution >= 0.6 is 0 Å². The lowest BCUT2D eigenvalue weighted by atomic mass is 10.2. The quantitative estimate of drug-likeness (QED) is 0.584. The number of anilines is 2. The SMILES string of the molecule is COc1ccccc1-c1ncnc(Nc2cccc(S(=O)(=O)NC(=O)C(F)(F)F)c2)n1. The summed E-state index contributed by atoms with van der Waals surface area (Å²) in [6.45, 7) is 0. The number of carbonyl (C=O) groups is 1. The van der Waals surface area contributed by atoms with E-state index in [4.69, 9.17) is 4.74 Å². The summed E-state index contributed by atoms with van der Waals surface area (Å²) >= 11 is 0. The van der Waals surface area contributed by atoms with Crippen LogP contribution < -0.4 is 14.8 Å². The van der Waals surface area contributed by atoms with E-state index in [0.29, 0.717) is 11.3 Å². The van der Waals surface area contributed by atoms with Crippen LogP contribution in [-0.4, -0.2) is 42.6 Å². The van der Waals surface area contributed by atoms with Gasteiger partial charge in [-0.05, 0) is 30.3 Å². The molecule has 1 amide bonds. The van der Waals surface area contributed by atoms with E-state index in [1.165, 1.54) is 25.6 Å². The van der Waals surface area contributed by atoms with Crippen molar-refractivity contribution in [2.75, 3.05) is 12.4 Å². The molecule has 0 atom stereocenters. The summed E-state index contributed by atoms with van der Waals surface area (Å²) in [4.78, 5) is 22.7. The lowest BCUT2D eigenvalue weighted by Crippen LogP contribution is -2.40. The van der Waals surface area contributed by atoms with E-state index in [-0.39, 0.29) is 17.5 Å². The average molecular weight is 453 g/mol. The summed E-state index contributed by atoms with van der Waals surface area (Å²) in [6, 6.07) is 11.8. The number of aromatic nitrogens is 3. The van der Waals surface area contributed by atoms with Crippen LogP contribution in [-0.2, 0) is 14.8 Å². The van der Waals surface area contributed by atoms with E-state index in [2.05, 4.69) is 20.3 Å². The molecule has 3 rings (SSSR count). The second-order valence-corrected chi connectivity index (χ2v) is 7.60. The van der Waals surface area contributed by atoms with Gasteiger partial charge in [-0.25, -0.2) is 23.1 Å². The van der Waals surface area contributed by atoms with Crippen molar-refractivity contribution in [3.63, 3.8) is 0 Å². The van der Waals surface area contributed by atoms with Crippen molar-refractivity contribution in [1.29, 1.82) is 0 Å². The molecule has 0 aliphatic heterocycles. The van der Waals surface area contributed by atoms with Crippen LogP contribution in [0.1, 0.15) is 0 Å². The summed E-state index contributed by atoms with van der Waals surface area (Å²) in [6.07, 6.45) is -4.12. The lowest BCUT2D eigenvalue weighted by molar-refractivity contribution is -0.171. The van der Waals surface area contributed by atoms with Gasteiger partial charge in [0, 0.05) is 5.69 Å². The zero-order valence-corrected chi connectivity index (χ0v) is 16.5. The number of para-hydroxylation sites is 1. The molecule has 2 aromatic carbocycles. The molecule has 0 saturated carbocycles. The first-order valence-electron chi connectivity index (χ1n) is 8.43. The zero-order chi connectivity index (χ0) is 22.6. The molecule has 162 valence electrons. The fraction of sp³-hybridized carbons (Fsp3) is 0.111. The molecule has 3 aromatic rings. The van der Waals surface area contributed by atoms with Crippen molar-refractivity contribution in [3.8, 4) is 17.1 Å². The van der Waals surface area contributed by atoms with Gasteiger partial charge >= 0.3 is 12.1 Å². The molecule has 0 aliphatic rings. The average Bonchev–Trinajstić information content (AvgIpc) is 2.73. The number of nitrogens with one attached hydrogen (secondary N) is 2. The third kappa shape index (κ3) is 5.25. The van der Waals surface area contributed by atoms with Crippen LogP contribution in [0, 0.1) is 0 Å². The molecule has 9 nitrogen and oxygen atoms in total. The fourth-order valence-corrected chi connectivity index (χ4v) is 3.44. The van der Waals surface area contributed by atoms with Gasteiger partial charge in [0.2, 0.25) is 5.95 Å². The number of nitrogens with zero attached hydrogens (tertiary/aromatic N) is 3. The monoisotopic (exact) mass is 453 g/mol. The highest BCUT2D eigenvalue weighted by Gasteiger charge is 2.41. The molecule has 0 saturated heterocycles. The van der Waals surface area contributed by atoms with Crippen LogP contribution in [0.5, 0.6) is 5.75 Å². The van der Waals surface area contributed by atoms with Crippen LogP contribution in [0.4, 0.5) is 24.8 Å². The molecule has 1 heterocycles. The Morgan fingerprint density at radius 3 is 2.52 bits per heavy atom. The second kappa shape index (κ2) is 8.55. The highest BCUT2D eigenvalue weighted by atomic mass is 32.2. The van der Waals surface area contributed by atoms with Gasteiger partial charge in [0.1, 0.15) is 12.1 Å². The molecule has 0 spiro atoms. The highest BCUT2D eigenvalue weighted by Crippen LogP contribution is 2.27. The maximum absolute atomic E-state index is 12.4. The number of benzene rings is 2. The second-order valence-electron chi connectivity index (χ2n) is 5.92. The van der Waals surface area contributed by atoms with Gasteiger partial charge < -0.3 is 10.1 Å². The Hall–Kier alpha value is -3.74. The Morgan fingerprint density at radius 2 is 1.81 bits per heavy atom. The predicted octanol–water partition coefficient (Wildman–Crippen LogP) is 2.66. The molecular formula is C18H14F3N5O4S. The van der Waals surface area contributed by atoms with Crippen LogP contribution in [0.3, 0.4) is 0 Å². The largest absolute Gasteiger partial charge is 0.496 e. The molecule has 0 bridgehead atoms. The number of hydrogen-bond acceptors (Lipinski definition) is 8. The first kappa shape index (κ1) is 22.0. The summed E-state index contributed by atoms with van der Waals surface area (Å²) < 4.78 is 67.5. The predicted molar refractivity (Wildman–Crippen MR) is 103 cm³/mol. The smallest absolute Gasteiger partial charge is 0.472 e. The maximum atomic E-state index is 12.4. The number of sulfonamides is 1. The molecule has 1 aromatic heterocycles. The minimum absolute atomic E-state index is 0.0461. The number of methoxy groups -OCH3 is 1. The van der Waals surface area contributed by atoms with E-state index in [1.807, 2.05) is 0 Å². The fourth-order valence-electron chi connectivity index (χ4n) is 2.42. The Bertz CT molecular complexity index is 1220. The van der Waals surface area contributed by atoms with Gasteiger partial charge in [0.25, 0.3) is 10.0 Å². The zero-order valence-electron chi connectivity index (χ0n) is 15.7. The number of halogens is 3. The maximum Gasteiger partial charge on any atom is 0.472 e. The molecule has 2 N–H and O–H groups in total. The van der Waals surface area contributed by atoms with Crippen molar-refractivity contribution in [3.05, 3.63) is 54.9 Å². The van der Waals surface area contributed by atoms with Gasteiger partial charge in [0.05, 0.1) is 17.6 Å². The molecule has 0 aliphatic carbocycles. The summed E-state index contributed by atoms with van der Waals surface area (Å²) in [5.41, 5.74) is 0.737. The first-order chi connectivity index (χ1) is 14.6. The normalized spacial score (nSPS) is 11.6. The van der Waals surface area contributed by atoms with Crippen molar-refractivity contribution in [2.45, 2.75) is 11.1 Å². The third-order valence-electron chi connectivity index (χ3n) is 3.80. The van der Waals surface area contributed by atoms with Gasteiger partial charge in [-0.3, -0.25) is 4.79 Å². The first-order valence-corrected chi connectivity index (χ1v) is 9.92. The van der Waals surface area contributed by atoms with Crippen molar-refractivity contribution < 1.29 is 31.1 Å². The Morgan fingerprint density at radius 1 is 1.06 bits per heavy atom. The van der Waals surface area contributed by atoms with Gasteiger partial charge in [-0.15, -0.1) is 0 Å².